The fraction of sp³-hybridized carbons (Fsp3) is 0.481. The Morgan fingerprint density at radius 2 is 1.74 bits per heavy atom. The van der Waals surface area contributed by atoms with Crippen molar-refractivity contribution in [3.63, 3.8) is 0 Å². The van der Waals surface area contributed by atoms with Crippen LogP contribution in [0.5, 0.6) is 0 Å². The van der Waals surface area contributed by atoms with Crippen LogP contribution < -0.4 is 0 Å². The summed E-state index contributed by atoms with van der Waals surface area (Å²) in [5, 5.41) is 10.0. The number of carbonyl (C=O) groups is 1. The fourth-order valence-corrected chi connectivity index (χ4v) is 4.76. The Labute approximate surface area is 217 Å². The number of carbonyl (C=O) groups excluding carboxylic acids is 1. The van der Waals surface area contributed by atoms with Gasteiger partial charge in [-0.15, -0.1) is 0 Å². The van der Waals surface area contributed by atoms with Crippen molar-refractivity contribution in [3.8, 4) is 6.07 Å². The number of hydrogen-bond acceptors (Lipinski definition) is 4. The molecule has 0 bridgehead atoms. The van der Waals surface area contributed by atoms with Gasteiger partial charge in [-0.1, -0.05) is 24.1 Å². The molecule has 0 aromatic heterocycles. The minimum absolute atomic E-state index is 0.0639. The Kier molecular flexibility index (Phi) is 8.54. The van der Waals surface area contributed by atoms with Gasteiger partial charge in [-0.05, 0) is 69.5 Å². The normalized spacial score (nSPS) is 21.2. The lowest BCUT2D eigenvalue weighted by Gasteiger charge is -2.50. The number of nitriles is 1. The van der Waals surface area contributed by atoms with Crippen molar-refractivity contribution in [2.45, 2.75) is 71.0 Å². The van der Waals surface area contributed by atoms with E-state index in [-0.39, 0.29) is 30.8 Å². The first kappa shape index (κ1) is 29.1. The van der Waals surface area contributed by atoms with Gasteiger partial charge in [-0.2, -0.15) is 31.6 Å². The zero-order valence-corrected chi connectivity index (χ0v) is 21.5. The molecule has 5 nitrogen and oxygen atoms in total. The summed E-state index contributed by atoms with van der Waals surface area (Å²) in [5.74, 6) is 0. The number of amides is 1. The maximum Gasteiger partial charge on any atom is 0.416 e. The fourth-order valence-electron chi connectivity index (χ4n) is 4.76. The number of alkyl halides is 6. The maximum atomic E-state index is 13.3. The average Bonchev–Trinajstić information content (AvgIpc) is 2.83. The van der Waals surface area contributed by atoms with Crippen LogP contribution >= 0.6 is 0 Å². The molecule has 1 aromatic carbocycles. The van der Waals surface area contributed by atoms with Crippen LogP contribution in [0.1, 0.15) is 57.2 Å². The van der Waals surface area contributed by atoms with E-state index in [0.29, 0.717) is 30.7 Å². The standard InChI is InChI=1S/C27H29F6N3O2/c1-5-21-15-35(23-9-16(3)17(4)10-24(23)36(21)25(37)38-6-2)22(14-34)8-7-18-11-19(26(28,29)30)13-20(12-18)27(31,32)33/h7-9,11-13,21-22,24H,5-6,10,15H2,1-4H3/b8-7+. The summed E-state index contributed by atoms with van der Waals surface area (Å²) in [4.78, 5) is 16.3. The Bertz CT molecular complexity index is 1160. The summed E-state index contributed by atoms with van der Waals surface area (Å²) < 4.78 is 85.0. The van der Waals surface area contributed by atoms with Crippen molar-refractivity contribution in [1.82, 2.24) is 9.80 Å². The Morgan fingerprint density at radius 3 is 2.24 bits per heavy atom. The molecule has 2 aliphatic rings. The lowest BCUT2D eigenvalue weighted by molar-refractivity contribution is -0.143. The molecule has 1 heterocycles. The van der Waals surface area contributed by atoms with Gasteiger partial charge in [0, 0.05) is 12.2 Å². The van der Waals surface area contributed by atoms with Crippen molar-refractivity contribution >= 4 is 12.2 Å². The summed E-state index contributed by atoms with van der Waals surface area (Å²) in [5.41, 5.74) is -0.514. The third-order valence-corrected chi connectivity index (χ3v) is 6.85. The molecule has 1 amide bonds. The maximum absolute atomic E-state index is 13.3. The van der Waals surface area contributed by atoms with Crippen LogP contribution in [-0.4, -0.2) is 47.2 Å². The first-order chi connectivity index (χ1) is 17.7. The van der Waals surface area contributed by atoms with E-state index in [4.69, 9.17) is 4.74 Å². The monoisotopic (exact) mass is 541 g/mol. The molecule has 206 valence electrons. The SMILES string of the molecule is CCOC(=O)N1C(CC)CN(C(C#N)/C=C/c2cc(C(F)(F)F)cc(C(F)(F)F)c2)C2=CC(C)=C(C)CC21. The van der Waals surface area contributed by atoms with Crippen molar-refractivity contribution in [2.24, 2.45) is 0 Å². The zero-order valence-electron chi connectivity index (χ0n) is 21.5. The number of nitrogens with zero attached hydrogens (tertiary/aromatic N) is 3. The smallest absolute Gasteiger partial charge is 0.416 e. The summed E-state index contributed by atoms with van der Waals surface area (Å²) >= 11 is 0. The molecule has 0 N–H and O–H groups in total. The molecule has 1 saturated heterocycles. The van der Waals surface area contributed by atoms with E-state index in [0.717, 1.165) is 17.2 Å². The summed E-state index contributed by atoms with van der Waals surface area (Å²) in [6.07, 6.45) is -5.11. The highest BCUT2D eigenvalue weighted by Gasteiger charge is 2.43. The summed E-state index contributed by atoms with van der Waals surface area (Å²) in [6.45, 7) is 7.86. The van der Waals surface area contributed by atoms with E-state index < -0.39 is 41.7 Å². The van der Waals surface area contributed by atoms with E-state index in [1.807, 2.05) is 26.8 Å². The molecule has 0 radical (unpaired) electrons. The Hall–Kier alpha value is -3.42. The van der Waals surface area contributed by atoms with Crippen molar-refractivity contribution < 1.29 is 35.9 Å². The van der Waals surface area contributed by atoms with Crippen LogP contribution in [0.3, 0.4) is 0 Å². The molecule has 0 spiro atoms. The van der Waals surface area contributed by atoms with Gasteiger partial charge >= 0.3 is 18.4 Å². The van der Waals surface area contributed by atoms with Crippen LogP contribution in [0.4, 0.5) is 31.1 Å². The first-order valence-electron chi connectivity index (χ1n) is 12.2. The summed E-state index contributed by atoms with van der Waals surface area (Å²) in [6, 6.07) is 1.66. The Balaban J connectivity index is 2.03. The predicted octanol–water partition coefficient (Wildman–Crippen LogP) is 7.17. The van der Waals surface area contributed by atoms with Crippen molar-refractivity contribution in [1.29, 1.82) is 5.26 Å². The number of benzene rings is 1. The van der Waals surface area contributed by atoms with E-state index in [9.17, 15) is 36.4 Å². The van der Waals surface area contributed by atoms with Gasteiger partial charge in [-0.3, -0.25) is 4.90 Å². The van der Waals surface area contributed by atoms with Crippen LogP contribution in [0.15, 0.2) is 47.2 Å². The number of rotatable bonds is 5. The molecule has 38 heavy (non-hydrogen) atoms. The highest BCUT2D eigenvalue weighted by atomic mass is 19.4. The molecule has 1 aliphatic heterocycles. The Morgan fingerprint density at radius 1 is 1.13 bits per heavy atom. The van der Waals surface area contributed by atoms with Gasteiger partial charge in [0.15, 0.2) is 0 Å². The lowest BCUT2D eigenvalue weighted by atomic mass is 9.87. The number of piperazine rings is 1. The molecule has 3 unspecified atom stereocenters. The molecular weight excluding hydrogens is 512 g/mol. The second-order valence-electron chi connectivity index (χ2n) is 9.35. The molecular formula is C27H29F6N3O2. The van der Waals surface area contributed by atoms with Gasteiger partial charge in [0.1, 0.15) is 6.04 Å². The highest BCUT2D eigenvalue weighted by Crippen LogP contribution is 2.39. The number of fused-ring (bicyclic) bond motifs is 1. The van der Waals surface area contributed by atoms with Gasteiger partial charge in [0.25, 0.3) is 0 Å². The molecule has 1 aliphatic carbocycles. The minimum Gasteiger partial charge on any atom is -0.450 e. The quantitative estimate of drug-likeness (QED) is 0.371. The number of hydrogen-bond donors (Lipinski definition) is 0. The zero-order chi connectivity index (χ0) is 28.4. The topological polar surface area (TPSA) is 56.6 Å². The second-order valence-corrected chi connectivity index (χ2v) is 9.35. The molecule has 3 rings (SSSR count). The van der Waals surface area contributed by atoms with Gasteiger partial charge in [0.2, 0.25) is 0 Å². The number of halogens is 6. The van der Waals surface area contributed by atoms with Crippen LogP contribution in [0.25, 0.3) is 6.08 Å². The number of ether oxygens (including phenoxy) is 1. The largest absolute Gasteiger partial charge is 0.450 e. The molecule has 11 heteroatoms. The second kappa shape index (κ2) is 11.1. The van der Waals surface area contributed by atoms with Crippen LogP contribution in [0, 0.1) is 11.3 Å². The average molecular weight is 542 g/mol. The molecule has 1 fully saturated rings. The van der Waals surface area contributed by atoms with E-state index in [1.165, 1.54) is 6.08 Å². The summed E-state index contributed by atoms with van der Waals surface area (Å²) in [7, 11) is 0. The molecule has 0 saturated carbocycles. The van der Waals surface area contributed by atoms with Gasteiger partial charge in [-0.25, -0.2) is 4.79 Å². The highest BCUT2D eigenvalue weighted by molar-refractivity contribution is 5.70. The third-order valence-electron chi connectivity index (χ3n) is 6.85. The van der Waals surface area contributed by atoms with Gasteiger partial charge < -0.3 is 9.64 Å². The van der Waals surface area contributed by atoms with E-state index >= 15 is 0 Å². The molecule has 3 atom stereocenters. The van der Waals surface area contributed by atoms with Crippen LogP contribution in [-0.2, 0) is 17.1 Å². The predicted molar refractivity (Wildman–Crippen MR) is 129 cm³/mol. The number of allylic oxidation sites excluding steroid dienone is 2. The third kappa shape index (κ3) is 6.17. The molecule has 1 aromatic rings. The minimum atomic E-state index is -4.97. The van der Waals surface area contributed by atoms with Crippen LogP contribution in [0.2, 0.25) is 0 Å². The van der Waals surface area contributed by atoms with Crippen molar-refractivity contribution in [3.05, 3.63) is 63.9 Å². The van der Waals surface area contributed by atoms with E-state index in [1.54, 1.807) is 16.7 Å². The van der Waals surface area contributed by atoms with Crippen molar-refractivity contribution in [2.75, 3.05) is 13.2 Å². The lowest BCUT2D eigenvalue weighted by Crippen LogP contribution is -2.61. The first-order valence-corrected chi connectivity index (χ1v) is 12.2. The van der Waals surface area contributed by atoms with E-state index in [2.05, 4.69) is 6.07 Å². The van der Waals surface area contributed by atoms with Gasteiger partial charge in [0.05, 0.1) is 35.9 Å².